The second kappa shape index (κ2) is 5.50. The van der Waals surface area contributed by atoms with E-state index in [0.717, 1.165) is 12.5 Å². The molecule has 3 nitrogen and oxygen atoms in total. The van der Waals surface area contributed by atoms with Gasteiger partial charge >= 0.3 is 0 Å². The largest absolute Gasteiger partial charge is 0.316 e. The monoisotopic (exact) mass is 247 g/mol. The fourth-order valence-corrected chi connectivity index (χ4v) is 2.59. The summed E-state index contributed by atoms with van der Waals surface area (Å²) < 4.78 is 22.9. The van der Waals surface area contributed by atoms with Crippen LogP contribution in [0.15, 0.2) is 0 Å². The molecule has 0 bridgehead atoms. The quantitative estimate of drug-likeness (QED) is 0.700. The molecule has 0 amide bonds. The van der Waals surface area contributed by atoms with Crippen molar-refractivity contribution in [2.24, 2.45) is 5.92 Å². The van der Waals surface area contributed by atoms with Crippen LogP contribution in [-0.4, -0.2) is 32.0 Å². The molecular weight excluding hydrogens is 222 g/mol. The van der Waals surface area contributed by atoms with Gasteiger partial charge in [-0.15, -0.1) is 0 Å². The van der Waals surface area contributed by atoms with Crippen LogP contribution in [0.4, 0.5) is 0 Å². The van der Waals surface area contributed by atoms with Crippen molar-refractivity contribution in [2.75, 3.05) is 18.8 Å². The number of nitrogens with one attached hydrogen (secondary N) is 1. The number of hydrogen-bond donors (Lipinski definition) is 1. The minimum atomic E-state index is -2.95. The summed E-state index contributed by atoms with van der Waals surface area (Å²) in [5.74, 6) is 1.22. The van der Waals surface area contributed by atoms with E-state index in [2.05, 4.69) is 5.32 Å². The highest BCUT2D eigenvalue weighted by atomic mass is 32.2. The molecule has 0 aromatic carbocycles. The average molecular weight is 247 g/mol. The SMILES string of the molecule is CC(C)(C)S(=O)(=O)CCNCCCC1CC1. The predicted molar refractivity (Wildman–Crippen MR) is 68.4 cm³/mol. The summed E-state index contributed by atoms with van der Waals surface area (Å²) in [5, 5.41) is 3.22. The second-order valence-corrected chi connectivity index (χ2v) is 8.63. The van der Waals surface area contributed by atoms with Gasteiger partial charge in [-0.25, -0.2) is 8.42 Å². The Labute approximate surface area is 99.9 Å². The molecule has 0 aromatic heterocycles. The molecule has 0 radical (unpaired) electrons. The minimum Gasteiger partial charge on any atom is -0.316 e. The lowest BCUT2D eigenvalue weighted by molar-refractivity contribution is 0.552. The Hall–Kier alpha value is -0.0900. The van der Waals surface area contributed by atoms with Crippen LogP contribution in [0.2, 0.25) is 0 Å². The topological polar surface area (TPSA) is 46.2 Å². The highest BCUT2D eigenvalue weighted by molar-refractivity contribution is 7.92. The van der Waals surface area contributed by atoms with Gasteiger partial charge in [0.25, 0.3) is 0 Å². The van der Waals surface area contributed by atoms with Crippen LogP contribution in [0, 0.1) is 5.92 Å². The van der Waals surface area contributed by atoms with Crippen molar-refractivity contribution in [2.45, 2.75) is 51.2 Å². The smallest absolute Gasteiger partial charge is 0.156 e. The molecule has 0 spiro atoms. The summed E-state index contributed by atoms with van der Waals surface area (Å²) in [6.07, 6.45) is 5.29. The minimum absolute atomic E-state index is 0.250. The maximum absolute atomic E-state index is 11.8. The van der Waals surface area contributed by atoms with Gasteiger partial charge in [-0.3, -0.25) is 0 Å². The lowest BCUT2D eigenvalue weighted by Crippen LogP contribution is -2.34. The molecule has 4 heteroatoms. The lowest BCUT2D eigenvalue weighted by atomic mass is 10.2. The third-order valence-electron chi connectivity index (χ3n) is 3.14. The molecule has 1 fully saturated rings. The van der Waals surface area contributed by atoms with E-state index in [-0.39, 0.29) is 5.75 Å². The Morgan fingerprint density at radius 3 is 2.31 bits per heavy atom. The van der Waals surface area contributed by atoms with E-state index in [1.165, 1.54) is 25.7 Å². The third kappa shape index (κ3) is 4.83. The molecule has 0 saturated heterocycles. The van der Waals surface area contributed by atoms with Gasteiger partial charge in [0, 0.05) is 6.54 Å². The van der Waals surface area contributed by atoms with E-state index in [1.54, 1.807) is 20.8 Å². The number of sulfone groups is 1. The van der Waals surface area contributed by atoms with Crippen LogP contribution >= 0.6 is 0 Å². The summed E-state index contributed by atoms with van der Waals surface area (Å²) in [6, 6.07) is 0. The zero-order valence-electron chi connectivity index (χ0n) is 10.8. The number of hydrogen-bond acceptors (Lipinski definition) is 3. The Morgan fingerprint density at radius 2 is 1.81 bits per heavy atom. The first kappa shape index (κ1) is 14.0. The fourth-order valence-electron chi connectivity index (χ4n) is 1.56. The van der Waals surface area contributed by atoms with Crippen molar-refractivity contribution in [3.05, 3.63) is 0 Å². The van der Waals surface area contributed by atoms with Gasteiger partial charge in [0.1, 0.15) is 0 Å². The molecule has 96 valence electrons. The second-order valence-electron chi connectivity index (χ2n) is 5.77. The molecule has 0 aromatic rings. The summed E-state index contributed by atoms with van der Waals surface area (Å²) >= 11 is 0. The third-order valence-corrected chi connectivity index (χ3v) is 5.75. The van der Waals surface area contributed by atoms with Gasteiger partial charge < -0.3 is 5.32 Å². The maximum atomic E-state index is 11.8. The Kier molecular flexibility index (Phi) is 4.80. The summed E-state index contributed by atoms with van der Waals surface area (Å²) in [7, 11) is -2.95. The molecule has 0 unspecified atom stereocenters. The van der Waals surface area contributed by atoms with E-state index in [4.69, 9.17) is 0 Å². The van der Waals surface area contributed by atoms with Crippen LogP contribution in [0.3, 0.4) is 0 Å². The van der Waals surface area contributed by atoms with Gasteiger partial charge in [-0.05, 0) is 46.1 Å². The van der Waals surface area contributed by atoms with Crippen molar-refractivity contribution >= 4 is 9.84 Å². The van der Waals surface area contributed by atoms with Gasteiger partial charge in [-0.2, -0.15) is 0 Å². The Morgan fingerprint density at radius 1 is 1.19 bits per heavy atom. The molecule has 1 aliphatic carbocycles. The molecule has 0 atom stereocenters. The van der Waals surface area contributed by atoms with Crippen LogP contribution in [0.25, 0.3) is 0 Å². The molecule has 0 aliphatic heterocycles. The van der Waals surface area contributed by atoms with E-state index in [9.17, 15) is 8.42 Å². The van der Waals surface area contributed by atoms with E-state index >= 15 is 0 Å². The van der Waals surface area contributed by atoms with Crippen LogP contribution in [0.1, 0.15) is 46.5 Å². The molecule has 1 aliphatic rings. The first-order chi connectivity index (χ1) is 7.33. The Balaban J connectivity index is 2.05. The molecule has 1 saturated carbocycles. The lowest BCUT2D eigenvalue weighted by Gasteiger charge is -2.19. The molecule has 1 N–H and O–H groups in total. The first-order valence-electron chi connectivity index (χ1n) is 6.26. The molecule has 0 heterocycles. The highest BCUT2D eigenvalue weighted by Gasteiger charge is 2.28. The Bertz CT molecular complexity index is 299. The van der Waals surface area contributed by atoms with Crippen molar-refractivity contribution in [3.8, 4) is 0 Å². The van der Waals surface area contributed by atoms with Gasteiger partial charge in [0.05, 0.1) is 10.5 Å². The van der Waals surface area contributed by atoms with Crippen LogP contribution in [0.5, 0.6) is 0 Å². The van der Waals surface area contributed by atoms with Crippen molar-refractivity contribution in [1.82, 2.24) is 5.32 Å². The van der Waals surface area contributed by atoms with Gasteiger partial charge in [0.2, 0.25) is 0 Å². The molecule has 16 heavy (non-hydrogen) atoms. The standard InChI is InChI=1S/C12H25NO2S/c1-12(2,3)16(14,15)10-9-13-8-4-5-11-6-7-11/h11,13H,4-10H2,1-3H3. The van der Waals surface area contributed by atoms with Crippen LogP contribution < -0.4 is 5.32 Å². The first-order valence-corrected chi connectivity index (χ1v) is 7.91. The van der Waals surface area contributed by atoms with Gasteiger partial charge in [-0.1, -0.05) is 12.8 Å². The molecule has 1 rings (SSSR count). The number of rotatable bonds is 7. The fraction of sp³-hybridized carbons (Fsp3) is 1.00. The van der Waals surface area contributed by atoms with Gasteiger partial charge in [0.15, 0.2) is 9.84 Å². The van der Waals surface area contributed by atoms with Crippen LogP contribution in [-0.2, 0) is 9.84 Å². The van der Waals surface area contributed by atoms with Crippen molar-refractivity contribution in [1.29, 1.82) is 0 Å². The zero-order chi connectivity index (χ0) is 12.2. The van der Waals surface area contributed by atoms with Crippen molar-refractivity contribution in [3.63, 3.8) is 0 Å². The average Bonchev–Trinajstić information content (AvgIpc) is 2.92. The normalized spacial score (nSPS) is 17.7. The summed E-state index contributed by atoms with van der Waals surface area (Å²) in [4.78, 5) is 0. The summed E-state index contributed by atoms with van der Waals surface area (Å²) in [6.45, 7) is 6.82. The molecular formula is C12H25NO2S. The predicted octanol–water partition coefficient (Wildman–Crippen LogP) is 1.98. The van der Waals surface area contributed by atoms with E-state index in [1.807, 2.05) is 0 Å². The highest BCUT2D eigenvalue weighted by Crippen LogP contribution is 2.33. The van der Waals surface area contributed by atoms with Crippen molar-refractivity contribution < 1.29 is 8.42 Å². The maximum Gasteiger partial charge on any atom is 0.156 e. The zero-order valence-corrected chi connectivity index (χ0v) is 11.6. The van der Waals surface area contributed by atoms with E-state index in [0.29, 0.717) is 6.54 Å². The summed E-state index contributed by atoms with van der Waals surface area (Å²) in [5.41, 5.74) is 0. The van der Waals surface area contributed by atoms with E-state index < -0.39 is 14.6 Å².